The number of carbonyl (C=O) groups excluding carboxylic acids is 1. The van der Waals surface area contributed by atoms with Crippen LogP contribution in [0.15, 0.2) is 23.3 Å². The molecule has 0 saturated carbocycles. The van der Waals surface area contributed by atoms with Gasteiger partial charge in [0.2, 0.25) is 5.91 Å². The Bertz CT molecular complexity index is 530. The van der Waals surface area contributed by atoms with Crippen LogP contribution in [0.3, 0.4) is 0 Å². The van der Waals surface area contributed by atoms with Crippen LogP contribution >= 0.6 is 0 Å². The second kappa shape index (κ2) is 5.64. The van der Waals surface area contributed by atoms with E-state index in [0.717, 1.165) is 4.57 Å². The van der Waals surface area contributed by atoms with Gasteiger partial charge in [-0.15, -0.1) is 0 Å². The minimum atomic E-state index is -1.11. The molecule has 0 radical (unpaired) electrons. The summed E-state index contributed by atoms with van der Waals surface area (Å²) < 4.78 is 1.11. The molecule has 1 atom stereocenters. The molecule has 0 saturated heterocycles. The van der Waals surface area contributed by atoms with Crippen LogP contribution in [0.4, 0.5) is 0 Å². The number of nitrogens with one attached hydrogen (secondary N) is 1. The SMILES string of the molecule is CC(C)(C)C(NC(=O)Cn1cccnc1=O)C(=O)O. The number of rotatable bonds is 4. The van der Waals surface area contributed by atoms with E-state index in [4.69, 9.17) is 5.11 Å². The number of carbonyl (C=O) groups is 2. The molecule has 2 N–H and O–H groups in total. The molecule has 1 amide bonds. The van der Waals surface area contributed by atoms with Crippen LogP contribution in [0.2, 0.25) is 0 Å². The molecule has 0 aliphatic heterocycles. The van der Waals surface area contributed by atoms with Gasteiger partial charge >= 0.3 is 11.7 Å². The zero-order chi connectivity index (χ0) is 14.6. The molecule has 7 nitrogen and oxygen atoms in total. The molecule has 0 aromatic carbocycles. The lowest BCUT2D eigenvalue weighted by molar-refractivity contribution is -0.145. The van der Waals surface area contributed by atoms with Gasteiger partial charge in [0.15, 0.2) is 0 Å². The molecule has 0 fully saturated rings. The molecule has 104 valence electrons. The molecule has 0 spiro atoms. The van der Waals surface area contributed by atoms with Crippen LogP contribution in [-0.4, -0.2) is 32.6 Å². The van der Waals surface area contributed by atoms with Crippen molar-refractivity contribution in [3.05, 3.63) is 28.9 Å². The quantitative estimate of drug-likeness (QED) is 0.790. The standard InChI is InChI=1S/C12H17N3O4/c1-12(2,3)9(10(17)18)14-8(16)7-15-6-4-5-13-11(15)19/h4-6,9H,7H2,1-3H3,(H,14,16)(H,17,18). The van der Waals surface area contributed by atoms with Crippen molar-refractivity contribution < 1.29 is 14.7 Å². The summed E-state index contributed by atoms with van der Waals surface area (Å²) in [6.45, 7) is 4.87. The van der Waals surface area contributed by atoms with Crippen molar-refractivity contribution >= 4 is 11.9 Å². The third-order valence-corrected chi connectivity index (χ3v) is 2.52. The normalized spacial score (nSPS) is 12.8. The first-order valence-electron chi connectivity index (χ1n) is 5.75. The minimum absolute atomic E-state index is 0.257. The highest BCUT2D eigenvalue weighted by Gasteiger charge is 2.32. The van der Waals surface area contributed by atoms with Crippen molar-refractivity contribution in [2.24, 2.45) is 5.41 Å². The average molecular weight is 267 g/mol. The first-order chi connectivity index (χ1) is 8.71. The van der Waals surface area contributed by atoms with Crippen LogP contribution in [-0.2, 0) is 16.1 Å². The van der Waals surface area contributed by atoms with Crippen molar-refractivity contribution in [3.8, 4) is 0 Å². The lowest BCUT2D eigenvalue weighted by atomic mass is 9.87. The van der Waals surface area contributed by atoms with Gasteiger partial charge in [0, 0.05) is 12.4 Å². The molecule has 1 aromatic heterocycles. The van der Waals surface area contributed by atoms with E-state index in [9.17, 15) is 14.4 Å². The summed E-state index contributed by atoms with van der Waals surface area (Å²) in [5.74, 6) is -1.66. The second-order valence-corrected chi connectivity index (χ2v) is 5.23. The molecule has 1 aromatic rings. The maximum absolute atomic E-state index is 11.8. The molecule has 0 bridgehead atoms. The Morgan fingerprint density at radius 3 is 2.58 bits per heavy atom. The molecule has 1 unspecified atom stereocenters. The number of carboxylic acid groups (broad SMARTS) is 1. The van der Waals surface area contributed by atoms with Gasteiger partial charge in [0.25, 0.3) is 0 Å². The Balaban J connectivity index is 2.77. The fourth-order valence-corrected chi connectivity index (χ4v) is 1.52. The summed E-state index contributed by atoms with van der Waals surface area (Å²) in [5.41, 5.74) is -1.18. The highest BCUT2D eigenvalue weighted by Crippen LogP contribution is 2.19. The number of amides is 1. The number of hydrogen-bond acceptors (Lipinski definition) is 4. The summed E-state index contributed by atoms with van der Waals surface area (Å²) in [4.78, 5) is 37.7. The van der Waals surface area contributed by atoms with Gasteiger partial charge in [0.05, 0.1) is 0 Å². The van der Waals surface area contributed by atoms with Gasteiger partial charge in [-0.2, -0.15) is 0 Å². The highest BCUT2D eigenvalue weighted by atomic mass is 16.4. The van der Waals surface area contributed by atoms with Crippen molar-refractivity contribution in [2.75, 3.05) is 0 Å². The van der Waals surface area contributed by atoms with Gasteiger partial charge in [-0.3, -0.25) is 9.36 Å². The summed E-state index contributed by atoms with van der Waals surface area (Å²) in [6.07, 6.45) is 2.74. The van der Waals surface area contributed by atoms with E-state index in [1.807, 2.05) is 0 Å². The lowest BCUT2D eigenvalue weighted by Crippen LogP contribution is -2.50. The molecule has 0 aliphatic carbocycles. The Labute approximate surface area is 110 Å². The lowest BCUT2D eigenvalue weighted by Gasteiger charge is -2.27. The highest BCUT2D eigenvalue weighted by molar-refractivity contribution is 5.83. The number of aliphatic carboxylic acids is 1. The van der Waals surface area contributed by atoms with E-state index < -0.39 is 29.0 Å². The predicted molar refractivity (Wildman–Crippen MR) is 67.5 cm³/mol. The third-order valence-electron chi connectivity index (χ3n) is 2.52. The summed E-state index contributed by atoms with van der Waals surface area (Å²) in [6, 6.07) is 0.500. The zero-order valence-electron chi connectivity index (χ0n) is 11.1. The number of nitrogens with zero attached hydrogens (tertiary/aromatic N) is 2. The van der Waals surface area contributed by atoms with Crippen molar-refractivity contribution in [1.29, 1.82) is 0 Å². The largest absolute Gasteiger partial charge is 0.480 e. The topological polar surface area (TPSA) is 101 Å². The van der Waals surface area contributed by atoms with E-state index in [1.165, 1.54) is 18.5 Å². The Kier molecular flexibility index (Phi) is 4.42. The monoisotopic (exact) mass is 267 g/mol. The zero-order valence-corrected chi connectivity index (χ0v) is 11.1. The summed E-state index contributed by atoms with van der Waals surface area (Å²) >= 11 is 0. The molecular formula is C12H17N3O4. The van der Waals surface area contributed by atoms with Gasteiger partial charge in [-0.05, 0) is 11.5 Å². The Morgan fingerprint density at radius 1 is 1.47 bits per heavy atom. The summed E-state index contributed by atoms with van der Waals surface area (Å²) in [5, 5.41) is 11.5. The van der Waals surface area contributed by atoms with Crippen molar-refractivity contribution in [3.63, 3.8) is 0 Å². The maximum Gasteiger partial charge on any atom is 0.347 e. The van der Waals surface area contributed by atoms with Crippen LogP contribution in [0.5, 0.6) is 0 Å². The number of aromatic nitrogens is 2. The smallest absolute Gasteiger partial charge is 0.347 e. The average Bonchev–Trinajstić information content (AvgIpc) is 2.27. The number of carboxylic acids is 1. The maximum atomic E-state index is 11.8. The molecule has 1 rings (SSSR count). The minimum Gasteiger partial charge on any atom is -0.480 e. The van der Waals surface area contributed by atoms with Crippen LogP contribution in [0.1, 0.15) is 20.8 Å². The second-order valence-electron chi connectivity index (χ2n) is 5.23. The molecule has 7 heteroatoms. The van der Waals surface area contributed by atoms with E-state index in [1.54, 1.807) is 20.8 Å². The van der Waals surface area contributed by atoms with E-state index >= 15 is 0 Å². The van der Waals surface area contributed by atoms with Crippen molar-refractivity contribution in [1.82, 2.24) is 14.9 Å². The van der Waals surface area contributed by atoms with E-state index in [-0.39, 0.29) is 6.54 Å². The van der Waals surface area contributed by atoms with E-state index in [0.29, 0.717) is 0 Å². The number of hydrogen-bond donors (Lipinski definition) is 2. The Morgan fingerprint density at radius 2 is 2.11 bits per heavy atom. The molecule has 1 heterocycles. The van der Waals surface area contributed by atoms with Crippen LogP contribution in [0, 0.1) is 5.41 Å². The van der Waals surface area contributed by atoms with Crippen LogP contribution in [0.25, 0.3) is 0 Å². The third kappa shape index (κ3) is 4.20. The van der Waals surface area contributed by atoms with Gasteiger partial charge in [-0.25, -0.2) is 14.6 Å². The fraction of sp³-hybridized carbons (Fsp3) is 0.500. The fourth-order valence-electron chi connectivity index (χ4n) is 1.52. The van der Waals surface area contributed by atoms with Gasteiger partial charge in [-0.1, -0.05) is 20.8 Å². The first-order valence-corrected chi connectivity index (χ1v) is 5.75. The molecule has 19 heavy (non-hydrogen) atoms. The van der Waals surface area contributed by atoms with Gasteiger partial charge in [0.1, 0.15) is 12.6 Å². The Hall–Kier alpha value is -2.18. The van der Waals surface area contributed by atoms with Crippen molar-refractivity contribution in [2.45, 2.75) is 33.4 Å². The summed E-state index contributed by atoms with van der Waals surface area (Å²) in [7, 11) is 0. The van der Waals surface area contributed by atoms with E-state index in [2.05, 4.69) is 10.3 Å². The molecule has 0 aliphatic rings. The first kappa shape index (κ1) is 14.9. The molecular weight excluding hydrogens is 250 g/mol. The predicted octanol–water partition coefficient (Wildman–Crippen LogP) is -0.141. The van der Waals surface area contributed by atoms with Gasteiger partial charge < -0.3 is 10.4 Å². The van der Waals surface area contributed by atoms with Crippen LogP contribution < -0.4 is 11.0 Å².